The third-order valence-corrected chi connectivity index (χ3v) is 7.10. The molecule has 5 aromatic rings. The molecule has 0 saturated heterocycles. The van der Waals surface area contributed by atoms with Gasteiger partial charge in [-0.2, -0.15) is 23.5 Å². The first-order valence-electron chi connectivity index (χ1n) is 12.4. The highest BCUT2D eigenvalue weighted by Crippen LogP contribution is 2.40. The van der Waals surface area contributed by atoms with Gasteiger partial charge in [-0.15, -0.1) is 0 Å². The van der Waals surface area contributed by atoms with E-state index in [1.165, 1.54) is 35.0 Å². The number of benzene rings is 3. The Morgan fingerprint density at radius 2 is 1.85 bits per heavy atom. The Balaban J connectivity index is 1.49. The zero-order chi connectivity index (χ0) is 27.3. The molecule has 2 aromatic heterocycles. The third-order valence-electron chi connectivity index (χ3n) is 7.10. The van der Waals surface area contributed by atoms with Gasteiger partial charge in [0.2, 0.25) is 0 Å². The lowest BCUT2D eigenvalue weighted by molar-refractivity contribution is -0.140. The van der Waals surface area contributed by atoms with Crippen LogP contribution in [0.3, 0.4) is 0 Å². The molecule has 1 fully saturated rings. The summed E-state index contributed by atoms with van der Waals surface area (Å²) in [6.45, 7) is 0. The summed E-state index contributed by atoms with van der Waals surface area (Å²) in [5.74, 6) is -0.331. The summed E-state index contributed by atoms with van der Waals surface area (Å²) < 4.78 is 57.8. The van der Waals surface area contributed by atoms with Gasteiger partial charge in [-0.3, -0.25) is 0 Å². The monoisotopic (exact) mass is 534 g/mol. The third kappa shape index (κ3) is 4.57. The van der Waals surface area contributed by atoms with E-state index in [-0.39, 0.29) is 34.4 Å². The zero-order valence-corrected chi connectivity index (χ0v) is 20.4. The molecule has 3 aromatic carbocycles. The fourth-order valence-electron chi connectivity index (χ4n) is 5.19. The van der Waals surface area contributed by atoms with E-state index in [2.05, 4.69) is 26.5 Å². The van der Waals surface area contributed by atoms with Crippen LogP contribution in [-0.4, -0.2) is 37.0 Å². The predicted octanol–water partition coefficient (Wildman–Crippen LogP) is 6.31. The van der Waals surface area contributed by atoms with Crippen molar-refractivity contribution in [2.45, 2.75) is 44.0 Å². The highest BCUT2D eigenvalue weighted by atomic mass is 19.4. The average molecular weight is 535 g/mol. The van der Waals surface area contributed by atoms with Crippen molar-refractivity contribution in [2.24, 2.45) is 0 Å². The molecule has 0 atom stereocenters. The van der Waals surface area contributed by atoms with Crippen molar-refractivity contribution in [1.82, 2.24) is 19.7 Å². The summed E-state index contributed by atoms with van der Waals surface area (Å²) in [4.78, 5) is 7.32. The maximum atomic E-state index is 14.3. The van der Waals surface area contributed by atoms with Crippen LogP contribution in [0.4, 0.5) is 23.2 Å². The first-order valence-corrected chi connectivity index (χ1v) is 12.4. The maximum Gasteiger partial charge on any atom is 0.435 e. The van der Waals surface area contributed by atoms with Gasteiger partial charge in [-0.1, -0.05) is 12.1 Å². The molecule has 7 nitrogen and oxygen atoms in total. The van der Waals surface area contributed by atoms with Gasteiger partial charge in [-0.05, 0) is 68.1 Å². The quantitative estimate of drug-likeness (QED) is 0.235. The number of imidazole rings is 1. The number of nitriles is 1. The van der Waals surface area contributed by atoms with E-state index in [0.29, 0.717) is 53.7 Å². The molecular formula is C28H22F4N6O. The number of aromatic nitrogens is 4. The summed E-state index contributed by atoms with van der Waals surface area (Å²) in [5, 5.41) is 26.6. The van der Waals surface area contributed by atoms with Gasteiger partial charge in [0.15, 0.2) is 5.69 Å². The maximum absolute atomic E-state index is 14.3. The second kappa shape index (κ2) is 9.39. The number of hydrogen-bond acceptors (Lipinski definition) is 5. The second-order valence-electron chi connectivity index (χ2n) is 9.70. The van der Waals surface area contributed by atoms with Gasteiger partial charge in [0.25, 0.3) is 0 Å². The molecular weight excluding hydrogens is 512 g/mol. The molecule has 3 N–H and O–H groups in total. The highest BCUT2D eigenvalue weighted by Gasteiger charge is 2.38. The molecule has 0 unspecified atom stereocenters. The molecule has 0 amide bonds. The minimum atomic E-state index is -4.77. The van der Waals surface area contributed by atoms with Crippen molar-refractivity contribution in [2.75, 3.05) is 5.32 Å². The highest BCUT2D eigenvalue weighted by molar-refractivity contribution is 5.98. The van der Waals surface area contributed by atoms with Crippen molar-refractivity contribution >= 4 is 27.6 Å². The standard InChI is InChI=1S/C28H22F4N6O/c29-16-5-11-21-23(12-16)36-27(35-21)20-2-1-3-24-25(20)26(28(30,31)32)37-38(24)18-8-4-15(14-33)22(13-18)34-17-6-9-19(39)10-7-17/h1-5,8,11-13,17,19,34,39H,6-7,9-10H2,(H,35,36)/t17-,19-. The fraction of sp³-hybridized carbons (Fsp3) is 0.250. The fourth-order valence-corrected chi connectivity index (χ4v) is 5.19. The topological polar surface area (TPSA) is 103 Å². The lowest BCUT2D eigenvalue weighted by Crippen LogP contribution is -2.28. The molecule has 2 heterocycles. The molecule has 0 radical (unpaired) electrons. The van der Waals surface area contributed by atoms with Gasteiger partial charge in [0.1, 0.15) is 17.7 Å². The number of nitrogens with one attached hydrogen (secondary N) is 2. The van der Waals surface area contributed by atoms with Crippen molar-refractivity contribution in [3.63, 3.8) is 0 Å². The number of alkyl halides is 3. The Morgan fingerprint density at radius 1 is 1.05 bits per heavy atom. The molecule has 0 spiro atoms. The van der Waals surface area contributed by atoms with Crippen LogP contribution in [0, 0.1) is 17.1 Å². The first-order chi connectivity index (χ1) is 18.7. The van der Waals surface area contributed by atoms with Crippen LogP contribution in [0.5, 0.6) is 0 Å². The number of aliphatic hydroxyl groups excluding tert-OH is 1. The molecule has 1 aliphatic rings. The molecule has 1 aliphatic carbocycles. The number of aliphatic hydroxyl groups is 1. The van der Waals surface area contributed by atoms with E-state index in [1.54, 1.807) is 24.3 Å². The Labute approximate surface area is 219 Å². The van der Waals surface area contributed by atoms with Gasteiger partial charge in [0.05, 0.1) is 39.6 Å². The predicted molar refractivity (Wildman–Crippen MR) is 138 cm³/mol. The average Bonchev–Trinajstić information content (AvgIpc) is 3.51. The van der Waals surface area contributed by atoms with E-state index in [0.717, 1.165) is 0 Å². The van der Waals surface area contributed by atoms with Gasteiger partial charge >= 0.3 is 6.18 Å². The van der Waals surface area contributed by atoms with Crippen LogP contribution < -0.4 is 5.32 Å². The second-order valence-corrected chi connectivity index (χ2v) is 9.70. The Kier molecular flexibility index (Phi) is 5.99. The number of fused-ring (bicyclic) bond motifs is 2. The lowest BCUT2D eigenvalue weighted by Gasteiger charge is -2.27. The lowest BCUT2D eigenvalue weighted by atomic mass is 9.93. The molecule has 6 rings (SSSR count). The smallest absolute Gasteiger partial charge is 0.393 e. The van der Waals surface area contributed by atoms with E-state index in [9.17, 15) is 27.9 Å². The van der Waals surface area contributed by atoms with Gasteiger partial charge in [-0.25, -0.2) is 14.1 Å². The Hall–Kier alpha value is -4.43. The van der Waals surface area contributed by atoms with E-state index in [4.69, 9.17) is 0 Å². The largest absolute Gasteiger partial charge is 0.435 e. The van der Waals surface area contributed by atoms with Crippen molar-refractivity contribution in [3.05, 3.63) is 71.7 Å². The first kappa shape index (κ1) is 24.9. The molecule has 1 saturated carbocycles. The van der Waals surface area contributed by atoms with Crippen LogP contribution in [0.1, 0.15) is 36.9 Å². The SMILES string of the molecule is N#Cc1ccc(-n2nc(C(F)(F)F)c3c(-c4nc5ccc(F)cc5[nH]4)cccc32)cc1N[C@H]1CC[C@H](O)CC1. The van der Waals surface area contributed by atoms with Crippen LogP contribution in [0.15, 0.2) is 54.6 Å². The summed E-state index contributed by atoms with van der Waals surface area (Å²) >= 11 is 0. The summed E-state index contributed by atoms with van der Waals surface area (Å²) in [6, 6.07) is 15.5. The van der Waals surface area contributed by atoms with Crippen LogP contribution in [0.2, 0.25) is 0 Å². The summed E-state index contributed by atoms with van der Waals surface area (Å²) in [6.07, 6.45) is -2.42. The molecule has 0 bridgehead atoms. The van der Waals surface area contributed by atoms with E-state index >= 15 is 0 Å². The van der Waals surface area contributed by atoms with Crippen molar-refractivity contribution in [1.29, 1.82) is 5.26 Å². The van der Waals surface area contributed by atoms with Crippen LogP contribution >= 0.6 is 0 Å². The normalized spacial score (nSPS) is 17.9. The number of halogens is 4. The number of aromatic amines is 1. The van der Waals surface area contributed by atoms with E-state index in [1.807, 2.05) is 0 Å². The van der Waals surface area contributed by atoms with Crippen LogP contribution in [0.25, 0.3) is 39.0 Å². The van der Waals surface area contributed by atoms with Crippen molar-refractivity contribution in [3.8, 4) is 23.1 Å². The number of rotatable bonds is 4. The van der Waals surface area contributed by atoms with Crippen molar-refractivity contribution < 1.29 is 22.7 Å². The van der Waals surface area contributed by atoms with Gasteiger partial charge < -0.3 is 15.4 Å². The Morgan fingerprint density at radius 3 is 2.59 bits per heavy atom. The molecule has 0 aliphatic heterocycles. The number of hydrogen-bond donors (Lipinski definition) is 3. The number of H-pyrrole nitrogens is 1. The minimum Gasteiger partial charge on any atom is -0.393 e. The summed E-state index contributed by atoms with van der Waals surface area (Å²) in [5.41, 5.74) is 1.26. The minimum absolute atomic E-state index is 0.0281. The van der Waals surface area contributed by atoms with E-state index < -0.39 is 17.7 Å². The summed E-state index contributed by atoms with van der Waals surface area (Å²) in [7, 11) is 0. The molecule has 39 heavy (non-hydrogen) atoms. The zero-order valence-electron chi connectivity index (χ0n) is 20.4. The molecule has 11 heteroatoms. The van der Waals surface area contributed by atoms with Gasteiger partial charge in [0, 0.05) is 17.0 Å². The Bertz CT molecular complexity index is 1740. The molecule has 198 valence electrons. The van der Waals surface area contributed by atoms with Crippen LogP contribution in [-0.2, 0) is 6.18 Å². The number of nitrogens with zero attached hydrogens (tertiary/aromatic N) is 4. The number of anilines is 1.